The summed E-state index contributed by atoms with van der Waals surface area (Å²) in [6, 6.07) is 16.4. The minimum Gasteiger partial charge on any atom is -0.459 e. The largest absolute Gasteiger partial charge is 0.459 e. The third kappa shape index (κ3) is 5.76. The molecule has 0 fully saturated rings. The molecule has 0 aliphatic carbocycles. The summed E-state index contributed by atoms with van der Waals surface area (Å²) >= 11 is 1.01. The van der Waals surface area contributed by atoms with Gasteiger partial charge in [-0.15, -0.1) is 11.3 Å². The lowest BCUT2D eigenvalue weighted by molar-refractivity contribution is -0.137. The highest BCUT2D eigenvalue weighted by atomic mass is 32.1. The number of hydrogen-bond donors (Lipinski definition) is 3. The zero-order valence-electron chi connectivity index (χ0n) is 17.7. The fourth-order valence-electron chi connectivity index (χ4n) is 3.05. The molecule has 178 valence electrons. The van der Waals surface area contributed by atoms with Gasteiger partial charge in [0.15, 0.2) is 5.76 Å². The summed E-state index contributed by atoms with van der Waals surface area (Å²) in [5.74, 6) is -1.59. The number of thiophene rings is 1. The molecule has 4 aromatic rings. The molecule has 4 rings (SSSR count). The van der Waals surface area contributed by atoms with Crippen molar-refractivity contribution < 1.29 is 32.0 Å². The van der Waals surface area contributed by atoms with Gasteiger partial charge in [-0.1, -0.05) is 18.2 Å². The van der Waals surface area contributed by atoms with Gasteiger partial charge in [0.25, 0.3) is 17.7 Å². The van der Waals surface area contributed by atoms with Crippen LogP contribution in [0.2, 0.25) is 0 Å². The van der Waals surface area contributed by atoms with Gasteiger partial charge in [-0.2, -0.15) is 13.2 Å². The third-order valence-corrected chi connectivity index (χ3v) is 5.68. The number of carbonyl (C=O) groups is 3. The van der Waals surface area contributed by atoms with Crippen LogP contribution in [0.5, 0.6) is 0 Å². The van der Waals surface area contributed by atoms with E-state index in [0.29, 0.717) is 5.00 Å². The van der Waals surface area contributed by atoms with Crippen molar-refractivity contribution in [2.45, 2.75) is 6.18 Å². The highest BCUT2D eigenvalue weighted by molar-refractivity contribution is 7.18. The summed E-state index contributed by atoms with van der Waals surface area (Å²) in [6.07, 6.45) is -3.19. The number of benzene rings is 2. The first kappa shape index (κ1) is 23.8. The molecular weight excluding hydrogens is 483 g/mol. The lowest BCUT2D eigenvalue weighted by atomic mass is 10.1. The lowest BCUT2D eigenvalue weighted by Gasteiger charge is -2.12. The summed E-state index contributed by atoms with van der Waals surface area (Å²) < 4.78 is 43.9. The molecule has 0 spiro atoms. The fraction of sp³-hybridized carbons (Fsp3) is 0.0417. The summed E-state index contributed by atoms with van der Waals surface area (Å²) in [4.78, 5) is 37.8. The third-order valence-electron chi connectivity index (χ3n) is 4.68. The van der Waals surface area contributed by atoms with Gasteiger partial charge in [-0.3, -0.25) is 14.4 Å². The molecule has 35 heavy (non-hydrogen) atoms. The van der Waals surface area contributed by atoms with Crippen LogP contribution in [0.4, 0.5) is 29.5 Å². The fourth-order valence-corrected chi connectivity index (χ4v) is 3.85. The van der Waals surface area contributed by atoms with E-state index >= 15 is 0 Å². The molecule has 0 saturated heterocycles. The molecule has 7 nitrogen and oxygen atoms in total. The van der Waals surface area contributed by atoms with E-state index in [9.17, 15) is 27.6 Å². The van der Waals surface area contributed by atoms with Gasteiger partial charge in [-0.05, 0) is 54.6 Å². The Morgan fingerprint density at radius 3 is 2.31 bits per heavy atom. The van der Waals surface area contributed by atoms with Crippen LogP contribution in [0, 0.1) is 0 Å². The quantitative estimate of drug-likeness (QED) is 0.298. The lowest BCUT2D eigenvalue weighted by Crippen LogP contribution is -2.18. The predicted molar refractivity (Wildman–Crippen MR) is 125 cm³/mol. The first-order valence-electron chi connectivity index (χ1n) is 10.0. The normalized spacial score (nSPS) is 11.1. The van der Waals surface area contributed by atoms with Crippen molar-refractivity contribution >= 4 is 45.4 Å². The van der Waals surface area contributed by atoms with Crippen LogP contribution >= 0.6 is 11.3 Å². The Morgan fingerprint density at radius 1 is 0.771 bits per heavy atom. The number of para-hydroxylation sites is 1. The molecule has 0 saturated carbocycles. The van der Waals surface area contributed by atoms with Crippen molar-refractivity contribution in [1.82, 2.24) is 0 Å². The van der Waals surface area contributed by atoms with Crippen LogP contribution in [0.15, 0.2) is 83.5 Å². The number of rotatable bonds is 6. The Labute approximate surface area is 200 Å². The molecule has 3 N–H and O–H groups in total. The zero-order valence-corrected chi connectivity index (χ0v) is 18.5. The Hall–Kier alpha value is -4.38. The minimum absolute atomic E-state index is 0.0406. The van der Waals surface area contributed by atoms with Crippen LogP contribution < -0.4 is 16.0 Å². The minimum atomic E-state index is -4.55. The molecule has 2 heterocycles. The Bertz CT molecular complexity index is 1380. The number of halogens is 3. The van der Waals surface area contributed by atoms with Gasteiger partial charge >= 0.3 is 6.18 Å². The molecule has 0 atom stereocenters. The van der Waals surface area contributed by atoms with Gasteiger partial charge in [-0.25, -0.2) is 0 Å². The monoisotopic (exact) mass is 499 g/mol. The van der Waals surface area contributed by atoms with Gasteiger partial charge < -0.3 is 20.4 Å². The Balaban J connectivity index is 1.46. The number of furan rings is 1. The number of alkyl halides is 3. The van der Waals surface area contributed by atoms with E-state index in [1.54, 1.807) is 24.3 Å². The maximum Gasteiger partial charge on any atom is 0.416 e. The molecule has 2 aromatic carbocycles. The molecule has 0 aliphatic rings. The highest BCUT2D eigenvalue weighted by Crippen LogP contribution is 2.31. The number of hydrogen-bond acceptors (Lipinski definition) is 5. The van der Waals surface area contributed by atoms with Crippen LogP contribution in [-0.2, 0) is 6.18 Å². The molecule has 0 bridgehead atoms. The van der Waals surface area contributed by atoms with E-state index in [1.807, 2.05) is 0 Å². The number of nitrogens with one attached hydrogen (secondary N) is 3. The summed E-state index contributed by atoms with van der Waals surface area (Å²) in [5, 5.41) is 8.07. The smallest absolute Gasteiger partial charge is 0.416 e. The average Bonchev–Trinajstić information content (AvgIpc) is 3.52. The second-order valence-corrected chi connectivity index (χ2v) is 8.21. The van der Waals surface area contributed by atoms with E-state index in [0.717, 1.165) is 23.5 Å². The standard InChI is InChI=1S/C24H16F3N3O4S/c25-24(26,27)14-5-3-6-15(13-14)28-21(31)16-7-1-2-8-17(16)29-23(33)19-10-11-20(35-19)30-22(32)18-9-4-12-34-18/h1-13H,(H,28,31)(H,29,33)(H,30,32). The summed E-state index contributed by atoms with van der Waals surface area (Å²) in [5.41, 5.74) is -0.719. The van der Waals surface area contributed by atoms with Crippen molar-refractivity contribution in [3.05, 3.63) is 101 Å². The van der Waals surface area contributed by atoms with Crippen molar-refractivity contribution in [1.29, 1.82) is 0 Å². The summed E-state index contributed by atoms with van der Waals surface area (Å²) in [7, 11) is 0. The Kier molecular flexibility index (Phi) is 6.69. The summed E-state index contributed by atoms with van der Waals surface area (Å²) in [6.45, 7) is 0. The second-order valence-electron chi connectivity index (χ2n) is 7.13. The van der Waals surface area contributed by atoms with E-state index in [1.165, 1.54) is 42.7 Å². The molecule has 0 radical (unpaired) electrons. The second kappa shape index (κ2) is 9.85. The molecule has 11 heteroatoms. The van der Waals surface area contributed by atoms with E-state index in [2.05, 4.69) is 16.0 Å². The van der Waals surface area contributed by atoms with Gasteiger partial charge in [0, 0.05) is 5.69 Å². The first-order valence-corrected chi connectivity index (χ1v) is 10.9. The number of anilines is 3. The van der Waals surface area contributed by atoms with Gasteiger partial charge in [0.05, 0.1) is 33.0 Å². The molecule has 0 unspecified atom stereocenters. The average molecular weight is 499 g/mol. The van der Waals surface area contributed by atoms with Crippen LogP contribution in [0.1, 0.15) is 36.1 Å². The van der Waals surface area contributed by atoms with Crippen molar-refractivity contribution in [3.63, 3.8) is 0 Å². The maximum absolute atomic E-state index is 13.0. The van der Waals surface area contributed by atoms with Crippen LogP contribution in [0.3, 0.4) is 0 Å². The zero-order chi connectivity index (χ0) is 25.0. The SMILES string of the molecule is O=C(Nc1ccc(C(=O)Nc2ccccc2C(=O)Nc2cccc(C(F)(F)F)c2)s1)c1ccco1. The van der Waals surface area contributed by atoms with Crippen molar-refractivity contribution in [2.24, 2.45) is 0 Å². The van der Waals surface area contributed by atoms with Gasteiger partial charge in [0.2, 0.25) is 0 Å². The first-order chi connectivity index (χ1) is 16.7. The van der Waals surface area contributed by atoms with E-state index < -0.39 is 29.5 Å². The number of carbonyl (C=O) groups excluding carboxylic acids is 3. The van der Waals surface area contributed by atoms with Crippen LogP contribution in [0.25, 0.3) is 0 Å². The molecule has 0 aliphatic heterocycles. The highest BCUT2D eigenvalue weighted by Gasteiger charge is 2.30. The Morgan fingerprint density at radius 2 is 1.57 bits per heavy atom. The van der Waals surface area contributed by atoms with E-state index in [4.69, 9.17) is 4.42 Å². The van der Waals surface area contributed by atoms with Crippen LogP contribution in [-0.4, -0.2) is 17.7 Å². The predicted octanol–water partition coefficient (Wildman–Crippen LogP) is 6.12. The molecular formula is C24H16F3N3O4S. The topological polar surface area (TPSA) is 100 Å². The maximum atomic E-state index is 13.0. The number of amides is 3. The van der Waals surface area contributed by atoms with Crippen molar-refractivity contribution in [3.8, 4) is 0 Å². The van der Waals surface area contributed by atoms with E-state index in [-0.39, 0.29) is 27.6 Å². The van der Waals surface area contributed by atoms with Crippen molar-refractivity contribution in [2.75, 3.05) is 16.0 Å². The molecule has 2 aromatic heterocycles. The molecule has 3 amide bonds. The van der Waals surface area contributed by atoms with Gasteiger partial charge in [0.1, 0.15) is 0 Å².